The summed E-state index contributed by atoms with van der Waals surface area (Å²) >= 11 is 0. The van der Waals surface area contributed by atoms with Crippen molar-refractivity contribution in [1.29, 1.82) is 15.8 Å². The zero-order valence-electron chi connectivity index (χ0n) is 12.7. The predicted molar refractivity (Wildman–Crippen MR) is 83.5 cm³/mol. The number of hydrogen-bond acceptors (Lipinski definition) is 7. The Morgan fingerprint density at radius 3 is 2.43 bits per heavy atom. The van der Waals surface area contributed by atoms with Gasteiger partial charge in [0.1, 0.15) is 29.7 Å². The lowest BCUT2D eigenvalue weighted by atomic mass is 10.2. The molecule has 2 rings (SSSR count). The largest absolute Gasteiger partial charge is 0.495 e. The molecular formula is C16H15N5O2. The minimum Gasteiger partial charge on any atom is -0.495 e. The molecule has 1 aromatic carbocycles. The third-order valence-corrected chi connectivity index (χ3v) is 3.39. The molecule has 116 valence electrons. The lowest BCUT2D eigenvalue weighted by molar-refractivity contribution is 0.122. The zero-order chi connectivity index (χ0) is 16.7. The first-order valence-corrected chi connectivity index (χ1v) is 6.95. The van der Waals surface area contributed by atoms with Crippen molar-refractivity contribution in [3.8, 4) is 24.0 Å². The fraction of sp³-hybridized carbons (Fsp3) is 0.312. The van der Waals surface area contributed by atoms with Crippen LogP contribution in [-0.4, -0.2) is 33.4 Å². The van der Waals surface area contributed by atoms with E-state index in [9.17, 15) is 0 Å². The summed E-state index contributed by atoms with van der Waals surface area (Å²) in [7, 11) is 1.57. The molecule has 7 heteroatoms. The van der Waals surface area contributed by atoms with Crippen LogP contribution in [0.3, 0.4) is 0 Å². The van der Waals surface area contributed by atoms with E-state index >= 15 is 0 Å². The third-order valence-electron chi connectivity index (χ3n) is 3.39. The number of nitrogens with zero attached hydrogens (tertiary/aromatic N) is 4. The van der Waals surface area contributed by atoms with Crippen LogP contribution in [-0.2, 0) is 4.74 Å². The summed E-state index contributed by atoms with van der Waals surface area (Å²) in [6.07, 6.45) is 0. The Morgan fingerprint density at radius 1 is 1.17 bits per heavy atom. The molecule has 0 unspecified atom stereocenters. The van der Waals surface area contributed by atoms with Gasteiger partial charge in [-0.15, -0.1) is 0 Å². The fourth-order valence-electron chi connectivity index (χ4n) is 2.25. The minimum atomic E-state index is -0.260. The maximum Gasteiger partial charge on any atom is 0.163 e. The van der Waals surface area contributed by atoms with Gasteiger partial charge >= 0.3 is 0 Å². The Labute approximate surface area is 134 Å². The number of hydrogen-bond donors (Lipinski definition) is 1. The van der Waals surface area contributed by atoms with Crippen LogP contribution in [0.15, 0.2) is 29.5 Å². The molecule has 0 saturated carbocycles. The van der Waals surface area contributed by atoms with Crippen molar-refractivity contribution in [3.05, 3.63) is 29.5 Å². The third kappa shape index (κ3) is 3.71. The first-order chi connectivity index (χ1) is 11.2. The number of rotatable bonds is 4. The molecule has 1 heterocycles. The number of benzene rings is 1. The number of nitrogens with one attached hydrogen (secondary N) is 1. The molecule has 0 radical (unpaired) electrons. The van der Waals surface area contributed by atoms with E-state index in [1.54, 1.807) is 31.4 Å². The van der Waals surface area contributed by atoms with E-state index in [4.69, 9.17) is 25.3 Å². The highest BCUT2D eigenvalue weighted by Gasteiger charge is 2.16. The van der Waals surface area contributed by atoms with Crippen molar-refractivity contribution in [3.63, 3.8) is 0 Å². The molecule has 1 fully saturated rings. The molecule has 1 aromatic rings. The second kappa shape index (κ2) is 7.70. The molecule has 1 saturated heterocycles. The van der Waals surface area contributed by atoms with Crippen molar-refractivity contribution >= 4 is 11.4 Å². The number of morpholine rings is 1. The molecule has 1 aliphatic rings. The second-order valence-electron chi connectivity index (χ2n) is 4.70. The summed E-state index contributed by atoms with van der Waals surface area (Å²) in [4.78, 5) is 2.16. The second-order valence-corrected chi connectivity index (χ2v) is 4.70. The molecule has 0 aliphatic carbocycles. The van der Waals surface area contributed by atoms with Gasteiger partial charge in [-0.2, -0.15) is 15.8 Å². The van der Waals surface area contributed by atoms with Crippen LogP contribution in [0.5, 0.6) is 5.75 Å². The Hall–Kier alpha value is -3.21. The normalized spacial score (nSPS) is 13.2. The van der Waals surface area contributed by atoms with E-state index in [-0.39, 0.29) is 11.3 Å². The fourth-order valence-corrected chi connectivity index (χ4v) is 2.25. The summed E-state index contributed by atoms with van der Waals surface area (Å²) in [5.41, 5.74) is 1.16. The Morgan fingerprint density at radius 2 is 1.87 bits per heavy atom. The highest BCUT2D eigenvalue weighted by molar-refractivity contribution is 5.68. The van der Waals surface area contributed by atoms with E-state index in [0.29, 0.717) is 24.7 Å². The van der Waals surface area contributed by atoms with Crippen molar-refractivity contribution in [2.24, 2.45) is 0 Å². The smallest absolute Gasteiger partial charge is 0.163 e. The van der Waals surface area contributed by atoms with Crippen molar-refractivity contribution in [2.45, 2.75) is 0 Å². The molecule has 23 heavy (non-hydrogen) atoms. The molecule has 0 aromatic heterocycles. The van der Waals surface area contributed by atoms with Gasteiger partial charge in [0.05, 0.1) is 26.0 Å². The lowest BCUT2D eigenvalue weighted by Gasteiger charge is -2.30. The van der Waals surface area contributed by atoms with Gasteiger partial charge in [0.15, 0.2) is 5.57 Å². The molecule has 0 bridgehead atoms. The van der Waals surface area contributed by atoms with Gasteiger partial charge in [-0.3, -0.25) is 0 Å². The van der Waals surface area contributed by atoms with Crippen molar-refractivity contribution < 1.29 is 9.47 Å². The standard InChI is InChI=1S/C16H15N5O2/c1-22-16-8-13(20-14(11-19)12(9-17)10-18)2-3-15(16)21-4-6-23-7-5-21/h2-3,8,20H,4-7H2,1H3. The molecule has 0 amide bonds. The van der Waals surface area contributed by atoms with Gasteiger partial charge < -0.3 is 19.7 Å². The molecule has 0 atom stereocenters. The average Bonchev–Trinajstić information content (AvgIpc) is 2.62. The van der Waals surface area contributed by atoms with Gasteiger partial charge in [0.2, 0.25) is 0 Å². The number of nitriles is 3. The SMILES string of the molecule is COc1cc(NC(C#N)=C(C#N)C#N)ccc1N1CCOCC1. The molecular weight excluding hydrogens is 294 g/mol. The highest BCUT2D eigenvalue weighted by atomic mass is 16.5. The van der Waals surface area contributed by atoms with Crippen LogP contribution in [0, 0.1) is 34.0 Å². The van der Waals surface area contributed by atoms with E-state index in [0.717, 1.165) is 18.8 Å². The summed E-state index contributed by atoms with van der Waals surface area (Å²) in [6, 6.07) is 10.6. The maximum absolute atomic E-state index is 9.08. The van der Waals surface area contributed by atoms with Crippen LogP contribution in [0.25, 0.3) is 0 Å². The summed E-state index contributed by atoms with van der Waals surface area (Å²) in [5, 5.41) is 29.6. The first kappa shape index (κ1) is 16.2. The number of ether oxygens (including phenoxy) is 2. The monoisotopic (exact) mass is 309 g/mol. The van der Waals surface area contributed by atoms with Crippen LogP contribution in [0.1, 0.15) is 0 Å². The van der Waals surface area contributed by atoms with Crippen LogP contribution >= 0.6 is 0 Å². The van der Waals surface area contributed by atoms with E-state index in [1.807, 2.05) is 12.1 Å². The lowest BCUT2D eigenvalue weighted by Crippen LogP contribution is -2.36. The molecule has 7 nitrogen and oxygen atoms in total. The minimum absolute atomic E-state index is 0.0869. The number of allylic oxidation sites excluding steroid dienone is 2. The van der Waals surface area contributed by atoms with Gasteiger partial charge in [0, 0.05) is 24.8 Å². The average molecular weight is 309 g/mol. The number of methoxy groups -OCH3 is 1. The van der Waals surface area contributed by atoms with Gasteiger partial charge in [-0.1, -0.05) is 0 Å². The number of anilines is 2. The van der Waals surface area contributed by atoms with Crippen molar-refractivity contribution in [2.75, 3.05) is 43.6 Å². The summed E-state index contributed by atoms with van der Waals surface area (Å²) in [6.45, 7) is 2.88. The quantitative estimate of drug-likeness (QED) is 0.845. The first-order valence-electron chi connectivity index (χ1n) is 6.95. The zero-order valence-corrected chi connectivity index (χ0v) is 12.7. The van der Waals surface area contributed by atoms with Crippen LogP contribution < -0.4 is 15.0 Å². The Bertz CT molecular complexity index is 714. The van der Waals surface area contributed by atoms with Gasteiger partial charge in [-0.25, -0.2) is 0 Å². The van der Waals surface area contributed by atoms with Crippen LogP contribution in [0.2, 0.25) is 0 Å². The topological polar surface area (TPSA) is 105 Å². The molecule has 0 spiro atoms. The Kier molecular flexibility index (Phi) is 5.41. The van der Waals surface area contributed by atoms with E-state index in [2.05, 4.69) is 10.2 Å². The summed E-state index contributed by atoms with van der Waals surface area (Å²) in [5.74, 6) is 0.643. The molecule has 1 N–H and O–H groups in total. The maximum atomic E-state index is 9.08. The summed E-state index contributed by atoms with van der Waals surface area (Å²) < 4.78 is 10.8. The predicted octanol–water partition coefficient (Wildman–Crippen LogP) is 1.77. The highest BCUT2D eigenvalue weighted by Crippen LogP contribution is 2.32. The van der Waals surface area contributed by atoms with Crippen LogP contribution in [0.4, 0.5) is 11.4 Å². The Balaban J connectivity index is 2.29. The van der Waals surface area contributed by atoms with Gasteiger partial charge in [-0.05, 0) is 12.1 Å². The van der Waals surface area contributed by atoms with Crippen molar-refractivity contribution in [1.82, 2.24) is 0 Å². The van der Waals surface area contributed by atoms with E-state index < -0.39 is 0 Å². The van der Waals surface area contributed by atoms with E-state index in [1.165, 1.54) is 0 Å². The van der Waals surface area contributed by atoms with Gasteiger partial charge in [0.25, 0.3) is 0 Å². The molecule has 1 aliphatic heterocycles.